The fraction of sp³-hybridized carbons (Fsp3) is 0.364. The molecule has 0 N–H and O–H groups in total. The zero-order valence-electron chi connectivity index (χ0n) is 16.5. The number of nitrogens with zero attached hydrogens (tertiary/aromatic N) is 2. The lowest BCUT2D eigenvalue weighted by Crippen LogP contribution is -2.66. The molecule has 2 aliphatic rings. The van der Waals surface area contributed by atoms with Crippen molar-refractivity contribution >= 4 is 12.0 Å². The van der Waals surface area contributed by atoms with Crippen molar-refractivity contribution in [3.63, 3.8) is 0 Å². The van der Waals surface area contributed by atoms with E-state index in [2.05, 4.69) is 0 Å². The van der Waals surface area contributed by atoms with E-state index in [0.717, 1.165) is 17.5 Å². The van der Waals surface area contributed by atoms with E-state index in [1.165, 1.54) is 0 Å². The lowest BCUT2D eigenvalue weighted by molar-refractivity contribution is -0.153. The normalized spacial score (nSPS) is 20.1. The zero-order chi connectivity index (χ0) is 20.4. The number of rotatable bonds is 6. The smallest absolute Gasteiger partial charge is 0.410 e. The van der Waals surface area contributed by atoms with Crippen LogP contribution in [0, 0.1) is 0 Å². The first-order valence-electron chi connectivity index (χ1n) is 9.61. The molecule has 0 spiro atoms. The van der Waals surface area contributed by atoms with Crippen LogP contribution in [0.1, 0.15) is 17.5 Å². The molecular weight excluding hydrogens is 372 g/mol. The summed E-state index contributed by atoms with van der Waals surface area (Å²) in [7, 11) is 3.20. The molecule has 7 heteroatoms. The van der Waals surface area contributed by atoms with Crippen LogP contribution in [0.4, 0.5) is 4.79 Å². The number of hydrogen-bond donors (Lipinski definition) is 0. The van der Waals surface area contributed by atoms with E-state index < -0.39 is 12.1 Å². The fourth-order valence-corrected chi connectivity index (χ4v) is 4.02. The Hall–Kier alpha value is -3.22. The molecule has 0 aliphatic carbocycles. The predicted molar refractivity (Wildman–Crippen MR) is 106 cm³/mol. The van der Waals surface area contributed by atoms with Crippen LogP contribution in [0.2, 0.25) is 0 Å². The molecule has 4 rings (SSSR count). The van der Waals surface area contributed by atoms with Crippen LogP contribution in [0.3, 0.4) is 0 Å². The molecular formula is C22H24N2O5. The van der Waals surface area contributed by atoms with Crippen molar-refractivity contribution in [2.24, 2.45) is 0 Å². The second-order valence-corrected chi connectivity index (χ2v) is 7.18. The third-order valence-electron chi connectivity index (χ3n) is 5.58. The number of amides is 2. The maximum Gasteiger partial charge on any atom is 0.410 e. The van der Waals surface area contributed by atoms with Crippen molar-refractivity contribution in [2.45, 2.75) is 31.7 Å². The maximum atomic E-state index is 12.8. The quantitative estimate of drug-likeness (QED) is 0.703. The van der Waals surface area contributed by atoms with Gasteiger partial charge >= 0.3 is 6.09 Å². The average molecular weight is 396 g/mol. The summed E-state index contributed by atoms with van der Waals surface area (Å²) < 4.78 is 16.1. The number of carbonyl (C=O) groups is 2. The molecule has 0 saturated carbocycles. The third kappa shape index (κ3) is 3.60. The Kier molecular flexibility index (Phi) is 5.29. The van der Waals surface area contributed by atoms with E-state index in [9.17, 15) is 9.59 Å². The molecule has 2 atom stereocenters. The van der Waals surface area contributed by atoms with Gasteiger partial charge in [0.25, 0.3) is 0 Å². The van der Waals surface area contributed by atoms with Crippen LogP contribution >= 0.6 is 0 Å². The van der Waals surface area contributed by atoms with Crippen molar-refractivity contribution in [3.05, 3.63) is 59.7 Å². The van der Waals surface area contributed by atoms with Crippen LogP contribution in [0.25, 0.3) is 0 Å². The fourth-order valence-electron chi connectivity index (χ4n) is 4.02. The Bertz CT molecular complexity index is 901. The molecule has 2 amide bonds. The van der Waals surface area contributed by atoms with Crippen molar-refractivity contribution in [2.75, 3.05) is 20.8 Å². The summed E-state index contributed by atoms with van der Waals surface area (Å²) in [5.41, 5.74) is 1.83. The molecule has 0 bridgehead atoms. The Morgan fingerprint density at radius 2 is 1.90 bits per heavy atom. The molecule has 2 aliphatic heterocycles. The number of carbonyl (C=O) groups excluding carboxylic acids is 2. The second-order valence-electron chi connectivity index (χ2n) is 7.18. The van der Waals surface area contributed by atoms with Crippen molar-refractivity contribution in [1.82, 2.24) is 9.80 Å². The standard InChI is InChI=1S/C22H24N2O5/c1-27-17-9-8-16(19(12-17)28-2)13-24-18-10-11-23(20(18)21(24)25)22(26)29-14-15-6-4-3-5-7-15/h3-9,12,18,20H,10-11,13-14H2,1-2H3/t18-,20+/m0/s1. The molecule has 2 heterocycles. The number of benzene rings is 2. The minimum atomic E-state index is -0.434. The lowest BCUT2D eigenvalue weighted by Gasteiger charge is -2.45. The molecule has 0 unspecified atom stereocenters. The summed E-state index contributed by atoms with van der Waals surface area (Å²) in [5, 5.41) is 0. The van der Waals surface area contributed by atoms with Gasteiger partial charge in [0, 0.05) is 24.7 Å². The van der Waals surface area contributed by atoms with Gasteiger partial charge in [-0.05, 0) is 24.1 Å². The molecule has 152 valence electrons. The second kappa shape index (κ2) is 8.03. The van der Waals surface area contributed by atoms with Crippen molar-refractivity contribution in [1.29, 1.82) is 0 Å². The van der Waals surface area contributed by atoms with E-state index in [1.807, 2.05) is 42.5 Å². The van der Waals surface area contributed by atoms with Gasteiger partial charge in [-0.1, -0.05) is 30.3 Å². The predicted octanol–water partition coefficient (Wildman–Crippen LogP) is 2.83. The van der Waals surface area contributed by atoms with E-state index >= 15 is 0 Å². The summed E-state index contributed by atoms with van der Waals surface area (Å²) in [5.74, 6) is 1.33. The first kappa shape index (κ1) is 19.1. The average Bonchev–Trinajstić information content (AvgIpc) is 3.17. The van der Waals surface area contributed by atoms with Gasteiger partial charge in [-0.15, -0.1) is 0 Å². The summed E-state index contributed by atoms with van der Waals surface area (Å²) in [6.07, 6.45) is 0.311. The SMILES string of the molecule is COc1ccc(CN2C(=O)[C@H]3[C@@H]2CCN3C(=O)OCc2ccccc2)c(OC)c1. The van der Waals surface area contributed by atoms with Crippen molar-refractivity contribution < 1.29 is 23.8 Å². The van der Waals surface area contributed by atoms with Gasteiger partial charge < -0.3 is 19.1 Å². The lowest BCUT2D eigenvalue weighted by atomic mass is 9.95. The molecule has 2 aromatic carbocycles. The van der Waals surface area contributed by atoms with E-state index in [1.54, 1.807) is 30.1 Å². The molecule has 29 heavy (non-hydrogen) atoms. The molecule has 7 nitrogen and oxygen atoms in total. The highest BCUT2D eigenvalue weighted by atomic mass is 16.6. The molecule has 2 saturated heterocycles. The van der Waals surface area contributed by atoms with Gasteiger partial charge in [-0.2, -0.15) is 0 Å². The molecule has 2 fully saturated rings. The van der Waals surface area contributed by atoms with Crippen LogP contribution in [-0.4, -0.2) is 54.6 Å². The molecule has 0 aromatic heterocycles. The van der Waals surface area contributed by atoms with Crippen LogP contribution < -0.4 is 9.47 Å². The molecule has 0 radical (unpaired) electrons. The van der Waals surface area contributed by atoms with E-state index in [4.69, 9.17) is 14.2 Å². The number of methoxy groups -OCH3 is 2. The third-order valence-corrected chi connectivity index (χ3v) is 5.58. The topological polar surface area (TPSA) is 68.3 Å². The number of β-lactam (4-membered cyclic amide) rings is 1. The summed E-state index contributed by atoms with van der Waals surface area (Å²) in [6, 6.07) is 14.7. The summed E-state index contributed by atoms with van der Waals surface area (Å²) in [4.78, 5) is 28.6. The van der Waals surface area contributed by atoms with Gasteiger partial charge in [-0.3, -0.25) is 9.69 Å². The Morgan fingerprint density at radius 1 is 1.10 bits per heavy atom. The maximum absolute atomic E-state index is 12.8. The number of ether oxygens (including phenoxy) is 3. The largest absolute Gasteiger partial charge is 0.497 e. The molecule has 2 aromatic rings. The van der Waals surface area contributed by atoms with Crippen LogP contribution in [0.15, 0.2) is 48.5 Å². The highest BCUT2D eigenvalue weighted by molar-refractivity contribution is 5.93. The van der Waals surface area contributed by atoms with Gasteiger partial charge in [-0.25, -0.2) is 4.79 Å². The minimum Gasteiger partial charge on any atom is -0.497 e. The summed E-state index contributed by atoms with van der Waals surface area (Å²) >= 11 is 0. The van der Waals surface area contributed by atoms with E-state index in [0.29, 0.717) is 24.6 Å². The number of likely N-dealkylation sites (tertiary alicyclic amines) is 2. The highest BCUT2D eigenvalue weighted by Gasteiger charge is 2.56. The Morgan fingerprint density at radius 3 is 2.62 bits per heavy atom. The highest BCUT2D eigenvalue weighted by Crippen LogP contribution is 2.37. The summed E-state index contributed by atoms with van der Waals surface area (Å²) in [6.45, 7) is 1.17. The van der Waals surface area contributed by atoms with Gasteiger partial charge in [0.15, 0.2) is 0 Å². The number of hydrogen-bond acceptors (Lipinski definition) is 5. The van der Waals surface area contributed by atoms with Gasteiger partial charge in [0.05, 0.1) is 20.3 Å². The van der Waals surface area contributed by atoms with E-state index in [-0.39, 0.29) is 18.6 Å². The van der Waals surface area contributed by atoms with Gasteiger partial charge in [0.1, 0.15) is 24.1 Å². The number of fused-ring (bicyclic) bond motifs is 1. The Balaban J connectivity index is 1.38. The monoisotopic (exact) mass is 396 g/mol. The zero-order valence-corrected chi connectivity index (χ0v) is 16.5. The minimum absolute atomic E-state index is 0.0126. The van der Waals surface area contributed by atoms with Crippen LogP contribution in [0.5, 0.6) is 11.5 Å². The van der Waals surface area contributed by atoms with Crippen molar-refractivity contribution in [3.8, 4) is 11.5 Å². The first-order chi connectivity index (χ1) is 14.1. The first-order valence-corrected chi connectivity index (χ1v) is 9.61. The van der Waals surface area contributed by atoms with Crippen LogP contribution in [-0.2, 0) is 22.7 Å². The Labute approximate surface area is 169 Å². The van der Waals surface area contributed by atoms with Gasteiger partial charge in [0.2, 0.25) is 5.91 Å².